The average Bonchev–Trinajstić information content (AvgIpc) is 2.38. The molecule has 1 nitrogen and oxygen atoms in total. The standard InChI is InChI=1S/C17H35N/c1-4-6-9-16(5-2)14-18-12-11-17-10-7-8-15(3)13-17/h15-18H,4-14H2,1-3H3. The molecule has 0 heterocycles. The lowest BCUT2D eigenvalue weighted by atomic mass is 9.81. The molecule has 108 valence electrons. The summed E-state index contributed by atoms with van der Waals surface area (Å²) in [7, 11) is 0. The number of hydrogen-bond donors (Lipinski definition) is 1. The van der Waals surface area contributed by atoms with Gasteiger partial charge in [-0.15, -0.1) is 0 Å². The molecule has 0 spiro atoms. The van der Waals surface area contributed by atoms with E-state index in [2.05, 4.69) is 26.1 Å². The van der Waals surface area contributed by atoms with E-state index in [1.54, 1.807) is 0 Å². The molecule has 1 fully saturated rings. The Morgan fingerprint density at radius 2 is 2.06 bits per heavy atom. The van der Waals surface area contributed by atoms with Gasteiger partial charge in [-0.3, -0.25) is 0 Å². The Labute approximate surface area is 115 Å². The van der Waals surface area contributed by atoms with Crippen LogP contribution in [0.5, 0.6) is 0 Å². The van der Waals surface area contributed by atoms with Crippen LogP contribution in [0.4, 0.5) is 0 Å². The highest BCUT2D eigenvalue weighted by Crippen LogP contribution is 2.30. The maximum atomic E-state index is 3.71. The SMILES string of the molecule is CCCCC(CC)CNCCC1CCCC(C)C1. The zero-order valence-corrected chi connectivity index (χ0v) is 13.0. The minimum atomic E-state index is 0.912. The topological polar surface area (TPSA) is 12.0 Å². The molecule has 0 aromatic rings. The van der Waals surface area contributed by atoms with Crippen molar-refractivity contribution in [2.75, 3.05) is 13.1 Å². The van der Waals surface area contributed by atoms with Crippen LogP contribution in [-0.4, -0.2) is 13.1 Å². The molecule has 1 aliphatic rings. The van der Waals surface area contributed by atoms with Crippen LogP contribution in [0.2, 0.25) is 0 Å². The highest BCUT2D eigenvalue weighted by Gasteiger charge is 2.18. The van der Waals surface area contributed by atoms with Gasteiger partial charge >= 0.3 is 0 Å². The van der Waals surface area contributed by atoms with Gasteiger partial charge in [0.15, 0.2) is 0 Å². The minimum Gasteiger partial charge on any atom is -0.316 e. The third-order valence-corrected chi connectivity index (χ3v) is 4.75. The van der Waals surface area contributed by atoms with Crippen LogP contribution in [-0.2, 0) is 0 Å². The second-order valence-electron chi connectivity index (χ2n) is 6.55. The van der Waals surface area contributed by atoms with E-state index >= 15 is 0 Å². The summed E-state index contributed by atoms with van der Waals surface area (Å²) < 4.78 is 0. The maximum absolute atomic E-state index is 3.71. The Hall–Kier alpha value is -0.0400. The number of nitrogens with one attached hydrogen (secondary N) is 1. The predicted molar refractivity (Wildman–Crippen MR) is 81.9 cm³/mol. The van der Waals surface area contributed by atoms with Crippen LogP contribution in [0, 0.1) is 17.8 Å². The second-order valence-corrected chi connectivity index (χ2v) is 6.55. The molecule has 0 radical (unpaired) electrons. The summed E-state index contributed by atoms with van der Waals surface area (Å²) in [6, 6.07) is 0. The molecule has 0 saturated heterocycles. The first-order chi connectivity index (χ1) is 8.76. The highest BCUT2D eigenvalue weighted by molar-refractivity contribution is 4.71. The monoisotopic (exact) mass is 253 g/mol. The van der Waals surface area contributed by atoms with E-state index in [4.69, 9.17) is 0 Å². The molecule has 3 unspecified atom stereocenters. The van der Waals surface area contributed by atoms with E-state index in [9.17, 15) is 0 Å². The molecule has 1 heteroatoms. The number of unbranched alkanes of at least 4 members (excludes halogenated alkanes) is 1. The van der Waals surface area contributed by atoms with Crippen molar-refractivity contribution in [3.05, 3.63) is 0 Å². The number of hydrogen-bond acceptors (Lipinski definition) is 1. The minimum absolute atomic E-state index is 0.912. The average molecular weight is 253 g/mol. The molecule has 0 amide bonds. The Bertz CT molecular complexity index is 190. The molecule has 3 atom stereocenters. The molecule has 18 heavy (non-hydrogen) atoms. The van der Waals surface area contributed by atoms with Crippen molar-refractivity contribution in [3.8, 4) is 0 Å². The normalized spacial score (nSPS) is 26.2. The summed E-state index contributed by atoms with van der Waals surface area (Å²) in [5.74, 6) is 2.91. The van der Waals surface area contributed by atoms with Gasteiger partial charge in [0.1, 0.15) is 0 Å². The summed E-state index contributed by atoms with van der Waals surface area (Å²) in [4.78, 5) is 0. The lowest BCUT2D eigenvalue weighted by Crippen LogP contribution is -2.26. The summed E-state index contributed by atoms with van der Waals surface area (Å²) in [6.07, 6.45) is 12.8. The van der Waals surface area contributed by atoms with Gasteiger partial charge in [0.05, 0.1) is 0 Å². The van der Waals surface area contributed by atoms with Crippen LogP contribution in [0.1, 0.15) is 78.6 Å². The fourth-order valence-corrected chi connectivity index (χ4v) is 3.38. The molecular formula is C17H35N. The summed E-state index contributed by atoms with van der Waals surface area (Å²) in [6.45, 7) is 9.56. The molecule has 0 aromatic heterocycles. The quantitative estimate of drug-likeness (QED) is 0.570. The van der Waals surface area contributed by atoms with Crippen LogP contribution < -0.4 is 5.32 Å². The van der Waals surface area contributed by atoms with Crippen LogP contribution in [0.25, 0.3) is 0 Å². The molecular weight excluding hydrogens is 218 g/mol. The zero-order chi connectivity index (χ0) is 13.2. The van der Waals surface area contributed by atoms with Crippen molar-refractivity contribution in [2.45, 2.75) is 78.6 Å². The van der Waals surface area contributed by atoms with E-state index in [-0.39, 0.29) is 0 Å². The first-order valence-electron chi connectivity index (χ1n) is 8.46. The lowest BCUT2D eigenvalue weighted by molar-refractivity contribution is 0.265. The third-order valence-electron chi connectivity index (χ3n) is 4.75. The molecule has 1 N–H and O–H groups in total. The van der Waals surface area contributed by atoms with Crippen LogP contribution in [0.15, 0.2) is 0 Å². The van der Waals surface area contributed by atoms with Crippen molar-refractivity contribution >= 4 is 0 Å². The van der Waals surface area contributed by atoms with Gasteiger partial charge in [0.25, 0.3) is 0 Å². The second kappa shape index (κ2) is 9.83. The van der Waals surface area contributed by atoms with E-state index in [1.807, 2.05) is 0 Å². The number of rotatable bonds is 9. The summed E-state index contributed by atoms with van der Waals surface area (Å²) >= 11 is 0. The van der Waals surface area contributed by atoms with Gasteiger partial charge in [-0.2, -0.15) is 0 Å². The fourth-order valence-electron chi connectivity index (χ4n) is 3.38. The van der Waals surface area contributed by atoms with Gasteiger partial charge < -0.3 is 5.32 Å². The summed E-state index contributed by atoms with van der Waals surface area (Å²) in [5.41, 5.74) is 0. The van der Waals surface area contributed by atoms with E-state index in [1.165, 1.54) is 70.9 Å². The molecule has 0 bridgehead atoms. The van der Waals surface area contributed by atoms with E-state index in [0.717, 1.165) is 17.8 Å². The Kier molecular flexibility index (Phi) is 8.75. The highest BCUT2D eigenvalue weighted by atomic mass is 14.9. The molecule has 0 aromatic carbocycles. The van der Waals surface area contributed by atoms with Crippen molar-refractivity contribution < 1.29 is 0 Å². The first kappa shape index (κ1) is 16.0. The van der Waals surface area contributed by atoms with Gasteiger partial charge in [-0.05, 0) is 50.1 Å². The predicted octanol–water partition coefficient (Wildman–Crippen LogP) is 5.01. The lowest BCUT2D eigenvalue weighted by Gasteiger charge is -2.27. The third kappa shape index (κ3) is 6.78. The van der Waals surface area contributed by atoms with Crippen molar-refractivity contribution in [1.29, 1.82) is 0 Å². The maximum Gasteiger partial charge on any atom is -0.00206 e. The molecule has 1 rings (SSSR count). The smallest absolute Gasteiger partial charge is 0.00206 e. The van der Waals surface area contributed by atoms with Crippen molar-refractivity contribution in [3.63, 3.8) is 0 Å². The van der Waals surface area contributed by atoms with Gasteiger partial charge in [0, 0.05) is 0 Å². The Balaban J connectivity index is 2.02. The first-order valence-corrected chi connectivity index (χ1v) is 8.46. The zero-order valence-electron chi connectivity index (χ0n) is 13.0. The van der Waals surface area contributed by atoms with Crippen molar-refractivity contribution in [2.24, 2.45) is 17.8 Å². The largest absolute Gasteiger partial charge is 0.316 e. The van der Waals surface area contributed by atoms with Gasteiger partial charge in [0.2, 0.25) is 0 Å². The fraction of sp³-hybridized carbons (Fsp3) is 1.00. The van der Waals surface area contributed by atoms with Crippen LogP contribution >= 0.6 is 0 Å². The summed E-state index contributed by atoms with van der Waals surface area (Å²) in [5, 5.41) is 3.71. The van der Waals surface area contributed by atoms with Crippen molar-refractivity contribution in [1.82, 2.24) is 5.32 Å². The Morgan fingerprint density at radius 3 is 2.72 bits per heavy atom. The van der Waals surface area contributed by atoms with Gasteiger partial charge in [-0.1, -0.05) is 59.3 Å². The molecule has 1 saturated carbocycles. The Morgan fingerprint density at radius 1 is 1.22 bits per heavy atom. The molecule has 1 aliphatic carbocycles. The van der Waals surface area contributed by atoms with E-state index in [0.29, 0.717) is 0 Å². The van der Waals surface area contributed by atoms with Crippen LogP contribution in [0.3, 0.4) is 0 Å². The van der Waals surface area contributed by atoms with E-state index < -0.39 is 0 Å². The molecule has 0 aliphatic heterocycles. The van der Waals surface area contributed by atoms with Gasteiger partial charge in [-0.25, -0.2) is 0 Å².